The van der Waals surface area contributed by atoms with Crippen molar-refractivity contribution in [3.05, 3.63) is 149 Å². The van der Waals surface area contributed by atoms with Crippen LogP contribution in [0.25, 0.3) is 73.3 Å². The fourth-order valence-electron chi connectivity index (χ4n) is 8.47. The predicted octanol–water partition coefficient (Wildman–Crippen LogP) is 11.7. The molecule has 2 nitrogen and oxygen atoms in total. The number of aryl methyl sites for hydroxylation is 2. The highest BCUT2D eigenvalue weighted by Crippen LogP contribution is 2.40. The van der Waals surface area contributed by atoms with Crippen LogP contribution in [0, 0.1) is 0 Å². The van der Waals surface area contributed by atoms with E-state index in [4.69, 9.17) is 0 Å². The van der Waals surface area contributed by atoms with Crippen LogP contribution in [-0.2, 0) is 19.3 Å². The Labute approximate surface area is 275 Å². The van der Waals surface area contributed by atoms with Gasteiger partial charge in [0, 0.05) is 33.4 Å². The van der Waals surface area contributed by atoms with Gasteiger partial charge in [0.25, 0.3) is 0 Å². The Morgan fingerprint density at radius 1 is 0.532 bits per heavy atom. The highest BCUT2D eigenvalue weighted by Gasteiger charge is 2.23. The second kappa shape index (κ2) is 10.6. The van der Waals surface area contributed by atoms with Crippen LogP contribution in [0.4, 0.5) is 0 Å². The maximum Gasteiger partial charge on any atom is 0.0541 e. The number of benzene rings is 5. The number of fused-ring (bicyclic) bond motifs is 8. The lowest BCUT2D eigenvalue weighted by molar-refractivity contribution is 0.666. The van der Waals surface area contributed by atoms with Crippen LogP contribution in [-0.4, -0.2) is 9.13 Å². The molecular formula is C45H36N2. The molecule has 226 valence electrons. The van der Waals surface area contributed by atoms with E-state index in [9.17, 15) is 0 Å². The molecule has 0 radical (unpaired) electrons. The van der Waals surface area contributed by atoms with Gasteiger partial charge in [-0.2, -0.15) is 0 Å². The third-order valence-electron chi connectivity index (χ3n) is 10.7. The summed E-state index contributed by atoms with van der Waals surface area (Å²) in [6.07, 6.45) is 21.9. The SMILES string of the molecule is C1=Cc2c(n(-c3ccc4ccccc4c3)c3ccc(-c4ccc5c(c4)c4c(n5-c5ccc6c(c5)CCC=C6)CCCC4)cc23)C=CC1. The van der Waals surface area contributed by atoms with Gasteiger partial charge in [-0.05, 0) is 138 Å². The molecule has 47 heavy (non-hydrogen) atoms. The van der Waals surface area contributed by atoms with Crippen LogP contribution < -0.4 is 0 Å². The molecule has 0 atom stereocenters. The zero-order valence-electron chi connectivity index (χ0n) is 26.5. The summed E-state index contributed by atoms with van der Waals surface area (Å²) in [7, 11) is 0. The van der Waals surface area contributed by atoms with Crippen molar-refractivity contribution in [3.63, 3.8) is 0 Å². The molecule has 2 heterocycles. The van der Waals surface area contributed by atoms with Crippen molar-refractivity contribution in [2.45, 2.75) is 44.9 Å². The Kier molecular flexibility index (Phi) is 6.05. The van der Waals surface area contributed by atoms with Crippen LogP contribution in [0.1, 0.15) is 59.3 Å². The van der Waals surface area contributed by atoms with Gasteiger partial charge in [0.05, 0.1) is 16.7 Å². The number of hydrogen-bond donors (Lipinski definition) is 0. The van der Waals surface area contributed by atoms with Crippen LogP contribution in [0.2, 0.25) is 0 Å². The Morgan fingerprint density at radius 3 is 2.21 bits per heavy atom. The van der Waals surface area contributed by atoms with Crippen LogP contribution in [0.15, 0.2) is 115 Å². The number of aromatic nitrogens is 2. The Bertz CT molecular complexity index is 2490. The second-order valence-corrected chi connectivity index (χ2v) is 13.5. The molecular weight excluding hydrogens is 569 g/mol. The number of nitrogens with zero attached hydrogens (tertiary/aromatic N) is 2. The van der Waals surface area contributed by atoms with Crippen molar-refractivity contribution in [1.82, 2.24) is 9.13 Å². The van der Waals surface area contributed by atoms with Gasteiger partial charge in [-0.25, -0.2) is 0 Å². The summed E-state index contributed by atoms with van der Waals surface area (Å²) >= 11 is 0. The quantitative estimate of drug-likeness (QED) is 0.190. The Balaban J connectivity index is 1.14. The molecule has 0 saturated carbocycles. The molecule has 0 N–H and O–H groups in total. The van der Waals surface area contributed by atoms with E-state index < -0.39 is 0 Å². The van der Waals surface area contributed by atoms with Gasteiger partial charge in [-0.15, -0.1) is 0 Å². The van der Waals surface area contributed by atoms with E-state index in [-0.39, 0.29) is 0 Å². The highest BCUT2D eigenvalue weighted by atomic mass is 15.0. The molecule has 0 amide bonds. The molecule has 2 aromatic heterocycles. The zero-order valence-corrected chi connectivity index (χ0v) is 26.5. The number of rotatable bonds is 3. The van der Waals surface area contributed by atoms with E-state index in [0.29, 0.717) is 0 Å². The van der Waals surface area contributed by atoms with E-state index in [1.54, 1.807) is 5.56 Å². The summed E-state index contributed by atoms with van der Waals surface area (Å²) in [6.45, 7) is 0. The molecule has 0 unspecified atom stereocenters. The van der Waals surface area contributed by atoms with E-state index >= 15 is 0 Å². The largest absolute Gasteiger partial charge is 0.313 e. The molecule has 7 aromatic rings. The molecule has 0 spiro atoms. The Morgan fingerprint density at radius 2 is 1.30 bits per heavy atom. The van der Waals surface area contributed by atoms with Crippen molar-refractivity contribution < 1.29 is 0 Å². The van der Waals surface area contributed by atoms with E-state index in [2.05, 4.69) is 143 Å². The normalized spacial score (nSPS) is 15.2. The van der Waals surface area contributed by atoms with E-state index in [1.807, 2.05) is 0 Å². The molecule has 0 saturated heterocycles. The lowest BCUT2D eigenvalue weighted by Gasteiger charge is -2.18. The Hall–Kier alpha value is -5.34. The van der Waals surface area contributed by atoms with Gasteiger partial charge < -0.3 is 9.13 Å². The van der Waals surface area contributed by atoms with Crippen LogP contribution in [0.3, 0.4) is 0 Å². The summed E-state index contributed by atoms with van der Waals surface area (Å²) in [5.41, 5.74) is 16.2. The van der Waals surface area contributed by atoms with Gasteiger partial charge in [0.2, 0.25) is 0 Å². The highest BCUT2D eigenvalue weighted by molar-refractivity contribution is 6.00. The van der Waals surface area contributed by atoms with Gasteiger partial charge >= 0.3 is 0 Å². The third-order valence-corrected chi connectivity index (χ3v) is 10.7. The summed E-state index contributed by atoms with van der Waals surface area (Å²) in [6, 6.07) is 36.9. The number of allylic oxidation sites excluding steroid dienone is 3. The molecule has 3 aliphatic carbocycles. The van der Waals surface area contributed by atoms with Crippen molar-refractivity contribution in [3.8, 4) is 22.5 Å². The zero-order chi connectivity index (χ0) is 30.9. The molecule has 10 rings (SSSR count). The van der Waals surface area contributed by atoms with Crippen LogP contribution in [0.5, 0.6) is 0 Å². The fourth-order valence-corrected chi connectivity index (χ4v) is 8.47. The maximum atomic E-state index is 2.58. The molecule has 2 heteroatoms. The molecule has 3 aliphatic rings. The fraction of sp³-hybridized carbons (Fsp3) is 0.156. The standard InChI is InChI=1S/C45H36N2/c1-2-14-38-40-28-34(20-24-44(40)46(42(38)16-3-1)36-22-18-30-10-4-6-12-32(30)26-36)35-21-25-45-41(29-35)39-15-8-9-17-43(39)47(45)37-23-19-31-11-5-7-13-33(31)27-37/h2-6,10-12,14,16,18-29H,1,7-9,13,15,17H2. The average Bonchev–Trinajstić information content (AvgIpc) is 3.50. The lowest BCUT2D eigenvalue weighted by Crippen LogP contribution is -2.07. The average molecular weight is 605 g/mol. The number of hydrogen-bond acceptors (Lipinski definition) is 0. The molecule has 0 fully saturated rings. The van der Waals surface area contributed by atoms with Gasteiger partial charge in [0.1, 0.15) is 0 Å². The molecule has 5 aromatic carbocycles. The monoisotopic (exact) mass is 604 g/mol. The van der Waals surface area contributed by atoms with Gasteiger partial charge in [0.15, 0.2) is 0 Å². The van der Waals surface area contributed by atoms with Gasteiger partial charge in [-0.3, -0.25) is 0 Å². The minimum absolute atomic E-state index is 0.952. The van der Waals surface area contributed by atoms with Crippen molar-refractivity contribution >= 4 is 50.8 Å². The predicted molar refractivity (Wildman–Crippen MR) is 200 cm³/mol. The summed E-state index contributed by atoms with van der Waals surface area (Å²) in [5.74, 6) is 0. The second-order valence-electron chi connectivity index (χ2n) is 13.5. The smallest absolute Gasteiger partial charge is 0.0541 e. The first-order valence-corrected chi connectivity index (χ1v) is 17.3. The van der Waals surface area contributed by atoms with Crippen molar-refractivity contribution in [1.29, 1.82) is 0 Å². The molecule has 0 aliphatic heterocycles. The minimum atomic E-state index is 0.952. The summed E-state index contributed by atoms with van der Waals surface area (Å²) in [5, 5.41) is 5.26. The summed E-state index contributed by atoms with van der Waals surface area (Å²) in [4.78, 5) is 0. The first-order valence-electron chi connectivity index (χ1n) is 17.3. The lowest BCUT2D eigenvalue weighted by atomic mass is 9.94. The maximum absolute atomic E-state index is 2.58. The third kappa shape index (κ3) is 4.24. The van der Waals surface area contributed by atoms with E-state index in [0.717, 1.165) is 32.1 Å². The minimum Gasteiger partial charge on any atom is -0.313 e. The van der Waals surface area contributed by atoms with Crippen molar-refractivity contribution in [2.75, 3.05) is 0 Å². The van der Waals surface area contributed by atoms with Gasteiger partial charge in [-0.1, -0.05) is 78.9 Å². The first kappa shape index (κ1) is 26.8. The van der Waals surface area contributed by atoms with E-state index in [1.165, 1.54) is 96.0 Å². The first-order chi connectivity index (χ1) is 23.3. The summed E-state index contributed by atoms with van der Waals surface area (Å²) < 4.78 is 5.02. The van der Waals surface area contributed by atoms with Crippen LogP contribution >= 0.6 is 0 Å². The van der Waals surface area contributed by atoms with Crippen molar-refractivity contribution in [2.24, 2.45) is 0 Å². The molecule has 0 bridgehead atoms. The topological polar surface area (TPSA) is 9.86 Å².